The summed E-state index contributed by atoms with van der Waals surface area (Å²) in [6.07, 6.45) is 7.01. The molecule has 0 spiro atoms. The lowest BCUT2D eigenvalue weighted by atomic mass is 10.1. The molecule has 0 fully saturated rings. The summed E-state index contributed by atoms with van der Waals surface area (Å²) in [6.45, 7) is 3.92. The molecule has 0 aliphatic rings. The van der Waals surface area contributed by atoms with E-state index >= 15 is 0 Å². The lowest BCUT2D eigenvalue weighted by Gasteiger charge is -2.32. The van der Waals surface area contributed by atoms with Gasteiger partial charge in [-0.15, -0.1) is 12.3 Å². The van der Waals surface area contributed by atoms with Gasteiger partial charge in [0.25, 0.3) is 5.56 Å². The number of halogens is 1. The summed E-state index contributed by atoms with van der Waals surface area (Å²) in [7, 11) is 0. The van der Waals surface area contributed by atoms with Gasteiger partial charge in [-0.05, 0) is 49.7 Å². The molecule has 1 aromatic heterocycles. The molecule has 7 heteroatoms. The Morgan fingerprint density at radius 2 is 1.86 bits per heavy atom. The van der Waals surface area contributed by atoms with Crippen LogP contribution in [0.15, 0.2) is 71.5 Å². The van der Waals surface area contributed by atoms with Gasteiger partial charge in [-0.2, -0.15) is 0 Å². The molecule has 0 bridgehead atoms. The van der Waals surface area contributed by atoms with Crippen molar-refractivity contribution in [3.8, 4) is 18.0 Å². The zero-order valence-electron chi connectivity index (χ0n) is 20.3. The molecule has 0 unspecified atom stereocenters. The zero-order valence-corrected chi connectivity index (χ0v) is 21.1. The van der Waals surface area contributed by atoms with Crippen LogP contribution in [0.3, 0.4) is 0 Å². The summed E-state index contributed by atoms with van der Waals surface area (Å²) in [5.74, 6) is 3.35. The molecule has 0 saturated carbocycles. The summed E-state index contributed by atoms with van der Waals surface area (Å²) in [5, 5.41) is 0.752. The van der Waals surface area contributed by atoms with E-state index in [1.54, 1.807) is 16.7 Å². The molecule has 4 N–H and O–H groups in total. The van der Waals surface area contributed by atoms with Crippen molar-refractivity contribution in [1.82, 2.24) is 14.5 Å². The van der Waals surface area contributed by atoms with Crippen LogP contribution in [-0.4, -0.2) is 27.5 Å². The molecule has 4 aromatic rings. The first kappa shape index (κ1) is 25.5. The predicted octanol–water partition coefficient (Wildman–Crippen LogP) is 4.85. The second-order valence-corrected chi connectivity index (χ2v) is 9.29. The van der Waals surface area contributed by atoms with Gasteiger partial charge in [0.05, 0.1) is 22.6 Å². The van der Waals surface area contributed by atoms with Crippen LogP contribution in [0, 0.1) is 19.3 Å². The summed E-state index contributed by atoms with van der Waals surface area (Å²) < 4.78 is 1.62. The van der Waals surface area contributed by atoms with Crippen molar-refractivity contribution in [2.75, 3.05) is 18.8 Å². The monoisotopic (exact) mass is 499 g/mol. The van der Waals surface area contributed by atoms with Gasteiger partial charge < -0.3 is 11.5 Å². The zero-order chi connectivity index (χ0) is 25.7. The van der Waals surface area contributed by atoms with Crippen LogP contribution in [0.1, 0.15) is 35.8 Å². The van der Waals surface area contributed by atoms with Crippen molar-refractivity contribution < 1.29 is 0 Å². The number of nitrogen functional groups attached to an aromatic ring is 1. The third-order valence-corrected chi connectivity index (χ3v) is 6.43. The quantitative estimate of drug-likeness (QED) is 0.254. The van der Waals surface area contributed by atoms with Gasteiger partial charge in [-0.3, -0.25) is 14.3 Å². The van der Waals surface area contributed by atoms with Crippen LogP contribution in [0.4, 0.5) is 5.69 Å². The first-order valence-corrected chi connectivity index (χ1v) is 12.3. The number of terminal acetylenes is 1. The number of anilines is 1. The fraction of sp³-hybridized carbons (Fsp3) is 0.241. The van der Waals surface area contributed by atoms with Crippen molar-refractivity contribution in [2.24, 2.45) is 5.73 Å². The maximum absolute atomic E-state index is 13.9. The van der Waals surface area contributed by atoms with Gasteiger partial charge in [0, 0.05) is 30.2 Å². The van der Waals surface area contributed by atoms with Crippen LogP contribution in [0.5, 0.6) is 0 Å². The average Bonchev–Trinajstić information content (AvgIpc) is 2.86. The van der Waals surface area contributed by atoms with Crippen LogP contribution < -0.4 is 17.0 Å². The second kappa shape index (κ2) is 11.4. The van der Waals surface area contributed by atoms with E-state index in [4.69, 9.17) is 34.5 Å². The summed E-state index contributed by atoms with van der Waals surface area (Å²) in [4.78, 5) is 21.1. The van der Waals surface area contributed by atoms with Gasteiger partial charge in [0.15, 0.2) is 0 Å². The third kappa shape index (κ3) is 5.44. The van der Waals surface area contributed by atoms with E-state index in [1.165, 1.54) is 5.56 Å². The van der Waals surface area contributed by atoms with Gasteiger partial charge >= 0.3 is 0 Å². The number of hydrogen-bond acceptors (Lipinski definition) is 5. The highest BCUT2D eigenvalue weighted by Crippen LogP contribution is 2.30. The normalized spacial score (nSPS) is 12.1. The minimum atomic E-state index is -0.347. The van der Waals surface area contributed by atoms with E-state index < -0.39 is 0 Å². The Morgan fingerprint density at radius 1 is 1.14 bits per heavy atom. The molecule has 1 atom stereocenters. The Kier molecular flexibility index (Phi) is 8.07. The van der Waals surface area contributed by atoms with Crippen molar-refractivity contribution >= 4 is 28.2 Å². The van der Waals surface area contributed by atoms with Gasteiger partial charge in [-0.1, -0.05) is 59.6 Å². The number of para-hydroxylation sites is 1. The number of fused-ring (bicyclic) bond motifs is 1. The standard InChI is InChI=1S/C29H30ClN5O/c1-3-8-26(34(16-7-15-31)19-21-13-11-20(2)12-14-21)28-33-25-18-22(30)17-24(32)27(25)29(36)35(28)23-9-5-4-6-10-23/h1,4-6,9-14,17-18,26H,7-8,15-16,19,31-32H2,2H3/t26-/m1/s1. The number of aromatic nitrogens is 2. The highest BCUT2D eigenvalue weighted by Gasteiger charge is 2.27. The Balaban J connectivity index is 1.95. The lowest BCUT2D eigenvalue weighted by Crippen LogP contribution is -2.36. The predicted molar refractivity (Wildman–Crippen MR) is 148 cm³/mol. The van der Waals surface area contributed by atoms with Crippen LogP contribution in [0.2, 0.25) is 5.02 Å². The largest absolute Gasteiger partial charge is 0.398 e. The lowest BCUT2D eigenvalue weighted by molar-refractivity contribution is 0.179. The number of hydrogen-bond donors (Lipinski definition) is 2. The topological polar surface area (TPSA) is 90.2 Å². The Labute approximate surface area is 216 Å². The first-order valence-electron chi connectivity index (χ1n) is 11.9. The molecular formula is C29H30ClN5O. The number of nitrogens with zero attached hydrogens (tertiary/aromatic N) is 3. The molecule has 184 valence electrons. The van der Waals surface area contributed by atoms with Crippen LogP contribution in [-0.2, 0) is 6.54 Å². The number of benzene rings is 3. The van der Waals surface area contributed by atoms with E-state index in [-0.39, 0.29) is 11.6 Å². The molecule has 0 radical (unpaired) electrons. The smallest absolute Gasteiger partial charge is 0.268 e. The van der Waals surface area contributed by atoms with Crippen molar-refractivity contribution in [3.63, 3.8) is 0 Å². The van der Waals surface area contributed by atoms with Crippen molar-refractivity contribution in [3.05, 3.63) is 99.1 Å². The second-order valence-electron chi connectivity index (χ2n) is 8.86. The van der Waals surface area contributed by atoms with Crippen molar-refractivity contribution in [1.29, 1.82) is 0 Å². The average molecular weight is 500 g/mol. The van der Waals surface area contributed by atoms with Crippen LogP contribution in [0.25, 0.3) is 16.6 Å². The highest BCUT2D eigenvalue weighted by atomic mass is 35.5. The van der Waals surface area contributed by atoms with E-state index in [0.717, 1.165) is 12.0 Å². The molecule has 0 amide bonds. The van der Waals surface area contributed by atoms with Gasteiger partial charge in [0.2, 0.25) is 0 Å². The van der Waals surface area contributed by atoms with Gasteiger partial charge in [-0.25, -0.2) is 4.98 Å². The SMILES string of the molecule is C#CC[C@H](c1nc2cc(Cl)cc(N)c2c(=O)n1-c1ccccc1)N(CCCN)Cc1ccc(C)cc1. The maximum Gasteiger partial charge on any atom is 0.268 e. The molecule has 0 aliphatic carbocycles. The molecule has 6 nitrogen and oxygen atoms in total. The molecule has 36 heavy (non-hydrogen) atoms. The van der Waals surface area contributed by atoms with Crippen LogP contribution >= 0.6 is 11.6 Å². The minimum Gasteiger partial charge on any atom is -0.398 e. The molecule has 0 saturated heterocycles. The minimum absolute atomic E-state index is 0.258. The third-order valence-electron chi connectivity index (χ3n) is 6.21. The van der Waals surface area contributed by atoms with Gasteiger partial charge in [0.1, 0.15) is 5.82 Å². The Bertz CT molecular complexity index is 1440. The molecule has 0 aliphatic heterocycles. The highest BCUT2D eigenvalue weighted by molar-refractivity contribution is 6.31. The number of rotatable bonds is 9. The maximum atomic E-state index is 13.9. The van der Waals surface area contributed by atoms with E-state index in [1.807, 2.05) is 30.3 Å². The summed E-state index contributed by atoms with van der Waals surface area (Å²) in [5.41, 5.74) is 15.6. The summed E-state index contributed by atoms with van der Waals surface area (Å²) >= 11 is 6.29. The molecule has 3 aromatic carbocycles. The number of aryl methyl sites for hydroxylation is 1. The molecular weight excluding hydrogens is 470 g/mol. The number of nitrogens with two attached hydrogens (primary N) is 2. The van der Waals surface area contributed by atoms with E-state index in [2.05, 4.69) is 42.0 Å². The fourth-order valence-electron chi connectivity index (χ4n) is 4.44. The molecule has 1 heterocycles. The summed E-state index contributed by atoms with van der Waals surface area (Å²) in [6, 6.07) is 20.7. The Hall–Kier alpha value is -3.63. The van der Waals surface area contributed by atoms with E-state index in [9.17, 15) is 4.79 Å². The van der Waals surface area contributed by atoms with Crippen molar-refractivity contribution in [2.45, 2.75) is 32.4 Å². The fourth-order valence-corrected chi connectivity index (χ4v) is 4.66. The Morgan fingerprint density at radius 3 is 2.53 bits per heavy atom. The first-order chi connectivity index (χ1) is 17.4. The molecule has 4 rings (SSSR count). The van der Waals surface area contributed by atoms with E-state index in [0.29, 0.717) is 59.2 Å².